The van der Waals surface area contributed by atoms with Crippen molar-refractivity contribution in [2.75, 3.05) is 6.54 Å². The van der Waals surface area contributed by atoms with E-state index in [1.54, 1.807) is 11.3 Å². The van der Waals surface area contributed by atoms with Crippen LogP contribution in [-0.2, 0) is 22.6 Å². The first-order valence-corrected chi connectivity index (χ1v) is 9.45. The molecule has 4 nitrogen and oxygen atoms in total. The van der Waals surface area contributed by atoms with Crippen molar-refractivity contribution in [3.05, 3.63) is 21.9 Å². The third-order valence-corrected chi connectivity index (χ3v) is 6.63. The number of carbonyl (C=O) groups is 2. The molecule has 1 unspecified atom stereocenters. The number of hydrogen-bond acceptors (Lipinski definition) is 3. The van der Waals surface area contributed by atoms with Gasteiger partial charge in [-0.2, -0.15) is 0 Å². The van der Waals surface area contributed by atoms with Crippen LogP contribution in [0.5, 0.6) is 0 Å². The monoisotopic (exact) mass is 335 g/mol. The molecule has 0 saturated heterocycles. The topological polar surface area (TPSA) is 57.6 Å². The highest BCUT2D eigenvalue weighted by molar-refractivity contribution is 7.10. The fourth-order valence-corrected chi connectivity index (χ4v) is 5.12. The first kappa shape index (κ1) is 16.5. The van der Waals surface area contributed by atoms with Gasteiger partial charge in [0, 0.05) is 18.0 Å². The van der Waals surface area contributed by atoms with Gasteiger partial charge in [0.05, 0.1) is 11.8 Å². The van der Waals surface area contributed by atoms with Gasteiger partial charge in [0.15, 0.2) is 0 Å². The highest BCUT2D eigenvalue weighted by Gasteiger charge is 2.45. The van der Waals surface area contributed by atoms with E-state index in [-0.39, 0.29) is 18.2 Å². The molecule has 0 aromatic carbocycles. The van der Waals surface area contributed by atoms with Crippen molar-refractivity contribution in [3.63, 3.8) is 0 Å². The van der Waals surface area contributed by atoms with Crippen molar-refractivity contribution >= 4 is 23.2 Å². The minimum Gasteiger partial charge on any atom is -0.481 e. The first-order valence-electron chi connectivity index (χ1n) is 8.57. The predicted octanol–water partition coefficient (Wildman–Crippen LogP) is 3.69. The van der Waals surface area contributed by atoms with Gasteiger partial charge in [-0.1, -0.05) is 19.3 Å². The third kappa shape index (κ3) is 3.30. The molecule has 1 amide bonds. The quantitative estimate of drug-likeness (QED) is 0.913. The SMILES string of the molecule is CC(CC(=O)O)(C(=O)N1CCc2sccc2C1)C1CCCCC1. The molecule has 0 bridgehead atoms. The number of hydrogen-bond donors (Lipinski definition) is 1. The van der Waals surface area contributed by atoms with Crippen molar-refractivity contribution in [1.82, 2.24) is 4.90 Å². The van der Waals surface area contributed by atoms with Crippen LogP contribution in [0.4, 0.5) is 0 Å². The molecule has 0 spiro atoms. The standard InChI is InChI=1S/C18H25NO3S/c1-18(11-16(20)21,14-5-3-2-4-6-14)17(22)19-9-7-15-13(12-19)8-10-23-15/h8,10,14H,2-7,9,11-12H2,1H3,(H,20,21). The maximum absolute atomic E-state index is 13.3. The first-order chi connectivity index (χ1) is 11.0. The molecule has 1 aromatic rings. The van der Waals surface area contributed by atoms with Gasteiger partial charge in [-0.25, -0.2) is 0 Å². The van der Waals surface area contributed by atoms with E-state index in [0.29, 0.717) is 13.1 Å². The van der Waals surface area contributed by atoms with E-state index in [0.717, 1.165) is 32.1 Å². The van der Waals surface area contributed by atoms with Crippen LogP contribution in [0, 0.1) is 11.3 Å². The lowest BCUT2D eigenvalue weighted by atomic mass is 9.67. The number of carboxylic acid groups (broad SMARTS) is 1. The smallest absolute Gasteiger partial charge is 0.304 e. The van der Waals surface area contributed by atoms with E-state index >= 15 is 0 Å². The molecule has 0 radical (unpaired) electrons. The summed E-state index contributed by atoms with van der Waals surface area (Å²) in [4.78, 5) is 27.9. The Balaban J connectivity index is 1.81. The van der Waals surface area contributed by atoms with Crippen LogP contribution in [0.25, 0.3) is 0 Å². The molecular formula is C18H25NO3S. The lowest BCUT2D eigenvalue weighted by Crippen LogP contribution is -2.49. The van der Waals surface area contributed by atoms with Gasteiger partial charge < -0.3 is 10.0 Å². The molecule has 2 aliphatic rings. The molecular weight excluding hydrogens is 310 g/mol. The van der Waals surface area contributed by atoms with Crippen molar-refractivity contribution in [1.29, 1.82) is 0 Å². The lowest BCUT2D eigenvalue weighted by Gasteiger charge is -2.42. The number of carboxylic acids is 1. The second kappa shape index (κ2) is 6.63. The van der Waals surface area contributed by atoms with E-state index in [1.165, 1.54) is 16.9 Å². The Morgan fingerprint density at radius 3 is 2.78 bits per heavy atom. The van der Waals surface area contributed by atoms with Crippen LogP contribution < -0.4 is 0 Å². The van der Waals surface area contributed by atoms with Crippen molar-refractivity contribution in [2.24, 2.45) is 11.3 Å². The summed E-state index contributed by atoms with van der Waals surface area (Å²) in [5.74, 6) is -0.618. The summed E-state index contributed by atoms with van der Waals surface area (Å²) in [5.41, 5.74) is 0.468. The Kier molecular flexibility index (Phi) is 4.76. The zero-order chi connectivity index (χ0) is 16.4. The number of thiophene rings is 1. The van der Waals surface area contributed by atoms with E-state index < -0.39 is 11.4 Å². The van der Waals surface area contributed by atoms with Crippen LogP contribution in [0.3, 0.4) is 0 Å². The lowest BCUT2D eigenvalue weighted by molar-refractivity contribution is -0.154. The van der Waals surface area contributed by atoms with Gasteiger partial charge in [0.1, 0.15) is 0 Å². The number of fused-ring (bicyclic) bond motifs is 1. The van der Waals surface area contributed by atoms with E-state index in [4.69, 9.17) is 0 Å². The van der Waals surface area contributed by atoms with Crippen LogP contribution in [0.2, 0.25) is 0 Å². The average Bonchev–Trinajstić information content (AvgIpc) is 3.01. The summed E-state index contributed by atoms with van der Waals surface area (Å²) in [6, 6.07) is 2.09. The summed E-state index contributed by atoms with van der Waals surface area (Å²) < 4.78 is 0. The summed E-state index contributed by atoms with van der Waals surface area (Å²) in [6.45, 7) is 3.25. The van der Waals surface area contributed by atoms with E-state index in [9.17, 15) is 14.7 Å². The Morgan fingerprint density at radius 2 is 2.09 bits per heavy atom. The Morgan fingerprint density at radius 1 is 1.35 bits per heavy atom. The molecule has 1 N–H and O–H groups in total. The number of carbonyl (C=O) groups excluding carboxylic acids is 1. The van der Waals surface area contributed by atoms with Gasteiger partial charge in [-0.15, -0.1) is 11.3 Å². The van der Waals surface area contributed by atoms with Crippen LogP contribution in [-0.4, -0.2) is 28.4 Å². The molecule has 23 heavy (non-hydrogen) atoms. The minimum atomic E-state index is -0.861. The second-order valence-electron chi connectivity index (χ2n) is 7.17. The van der Waals surface area contributed by atoms with Gasteiger partial charge in [0.25, 0.3) is 0 Å². The Hall–Kier alpha value is -1.36. The molecule has 1 aliphatic heterocycles. The number of aliphatic carboxylic acids is 1. The van der Waals surface area contributed by atoms with Crippen LogP contribution in [0.15, 0.2) is 11.4 Å². The predicted molar refractivity (Wildman–Crippen MR) is 90.4 cm³/mol. The van der Waals surface area contributed by atoms with Gasteiger partial charge in [-0.3, -0.25) is 9.59 Å². The fraction of sp³-hybridized carbons (Fsp3) is 0.667. The zero-order valence-electron chi connectivity index (χ0n) is 13.7. The van der Waals surface area contributed by atoms with Crippen molar-refractivity contribution in [3.8, 4) is 0 Å². The highest BCUT2D eigenvalue weighted by Crippen LogP contribution is 2.43. The summed E-state index contributed by atoms with van der Waals surface area (Å²) >= 11 is 1.75. The molecule has 1 atom stereocenters. The molecule has 126 valence electrons. The number of nitrogens with zero attached hydrogens (tertiary/aromatic N) is 1. The van der Waals surface area contributed by atoms with Crippen LogP contribution in [0.1, 0.15) is 55.9 Å². The summed E-state index contributed by atoms with van der Waals surface area (Å²) in [6.07, 6.45) is 6.23. The maximum Gasteiger partial charge on any atom is 0.304 e. The molecule has 2 heterocycles. The van der Waals surface area contributed by atoms with E-state index in [1.807, 2.05) is 11.8 Å². The molecule has 3 rings (SSSR count). The van der Waals surface area contributed by atoms with Crippen molar-refractivity contribution in [2.45, 2.75) is 58.4 Å². The normalized spacial score (nSPS) is 21.5. The van der Waals surface area contributed by atoms with E-state index in [2.05, 4.69) is 11.4 Å². The average molecular weight is 335 g/mol. The third-order valence-electron chi connectivity index (χ3n) is 5.61. The zero-order valence-corrected chi connectivity index (χ0v) is 14.5. The Bertz CT molecular complexity index is 591. The second-order valence-corrected chi connectivity index (χ2v) is 8.17. The minimum absolute atomic E-state index is 0.0450. The number of rotatable bonds is 4. The van der Waals surface area contributed by atoms with Gasteiger partial charge in [0.2, 0.25) is 5.91 Å². The molecule has 1 saturated carbocycles. The van der Waals surface area contributed by atoms with Crippen LogP contribution >= 0.6 is 11.3 Å². The Labute approximate surface area is 141 Å². The molecule has 1 fully saturated rings. The fourth-order valence-electron chi connectivity index (χ4n) is 4.23. The molecule has 1 aliphatic carbocycles. The van der Waals surface area contributed by atoms with Gasteiger partial charge >= 0.3 is 5.97 Å². The van der Waals surface area contributed by atoms with Crippen molar-refractivity contribution < 1.29 is 14.7 Å². The molecule has 1 aromatic heterocycles. The largest absolute Gasteiger partial charge is 0.481 e. The number of amides is 1. The van der Waals surface area contributed by atoms with Gasteiger partial charge in [-0.05, 0) is 49.1 Å². The highest BCUT2D eigenvalue weighted by atomic mass is 32.1. The molecule has 5 heteroatoms. The summed E-state index contributed by atoms with van der Waals surface area (Å²) in [7, 11) is 0. The maximum atomic E-state index is 13.3. The summed E-state index contributed by atoms with van der Waals surface area (Å²) in [5, 5.41) is 11.5.